The molecule has 0 bridgehead atoms. The van der Waals surface area contributed by atoms with Crippen molar-refractivity contribution in [2.45, 2.75) is 38.9 Å². The SMILES string of the molecule is CN=C(NCc1ccc(NC(=O)NC(C)C)cc1)NC1CCN(c2cccc(Cl)c2)C1. The van der Waals surface area contributed by atoms with Crippen LogP contribution >= 0.6 is 11.6 Å². The van der Waals surface area contributed by atoms with Crippen LogP contribution < -0.4 is 26.2 Å². The second kappa shape index (κ2) is 10.9. The molecule has 8 heteroatoms. The fourth-order valence-corrected chi connectivity index (χ4v) is 3.68. The molecule has 0 saturated carbocycles. The highest BCUT2D eigenvalue weighted by Gasteiger charge is 2.23. The van der Waals surface area contributed by atoms with Crippen LogP contribution in [0.4, 0.5) is 16.2 Å². The summed E-state index contributed by atoms with van der Waals surface area (Å²) in [6, 6.07) is 15.9. The van der Waals surface area contributed by atoms with Crippen molar-refractivity contribution in [2.24, 2.45) is 4.99 Å². The van der Waals surface area contributed by atoms with Crippen molar-refractivity contribution in [3.63, 3.8) is 0 Å². The number of amides is 2. The molecule has 2 aromatic carbocycles. The van der Waals surface area contributed by atoms with Gasteiger partial charge in [-0.25, -0.2) is 4.79 Å². The van der Waals surface area contributed by atoms with Crippen molar-refractivity contribution >= 4 is 35.0 Å². The highest BCUT2D eigenvalue weighted by Crippen LogP contribution is 2.23. The van der Waals surface area contributed by atoms with Gasteiger partial charge in [-0.05, 0) is 56.2 Å². The third-order valence-corrected chi connectivity index (χ3v) is 5.25. The summed E-state index contributed by atoms with van der Waals surface area (Å²) in [6.45, 7) is 6.38. The molecule has 0 aliphatic carbocycles. The number of hydrogen-bond donors (Lipinski definition) is 4. The van der Waals surface area contributed by atoms with Crippen molar-refractivity contribution < 1.29 is 4.79 Å². The molecule has 3 rings (SSSR count). The molecule has 1 saturated heterocycles. The quantitative estimate of drug-likeness (QED) is 0.405. The molecule has 31 heavy (non-hydrogen) atoms. The van der Waals surface area contributed by atoms with Gasteiger partial charge in [-0.1, -0.05) is 29.8 Å². The molecule has 1 aliphatic rings. The van der Waals surface area contributed by atoms with Gasteiger partial charge in [0.1, 0.15) is 0 Å². The van der Waals surface area contributed by atoms with E-state index in [0.29, 0.717) is 12.6 Å². The zero-order valence-corrected chi connectivity index (χ0v) is 19.0. The van der Waals surface area contributed by atoms with Crippen LogP contribution in [0.5, 0.6) is 0 Å². The van der Waals surface area contributed by atoms with Crippen molar-refractivity contribution in [3.8, 4) is 0 Å². The van der Waals surface area contributed by atoms with Crippen LogP contribution in [0.1, 0.15) is 25.8 Å². The van der Waals surface area contributed by atoms with E-state index in [4.69, 9.17) is 11.6 Å². The Bertz CT molecular complexity index is 899. The zero-order valence-electron chi connectivity index (χ0n) is 18.3. The van der Waals surface area contributed by atoms with Crippen LogP contribution in [0.3, 0.4) is 0 Å². The number of guanidine groups is 1. The number of carbonyl (C=O) groups excluding carboxylic acids is 1. The highest BCUT2D eigenvalue weighted by molar-refractivity contribution is 6.30. The van der Waals surface area contributed by atoms with E-state index in [0.717, 1.165) is 47.4 Å². The minimum Gasteiger partial charge on any atom is -0.369 e. The van der Waals surface area contributed by atoms with Gasteiger partial charge in [0.05, 0.1) is 0 Å². The number of carbonyl (C=O) groups is 1. The van der Waals surface area contributed by atoms with Gasteiger partial charge in [-0.2, -0.15) is 0 Å². The average molecular weight is 443 g/mol. The summed E-state index contributed by atoms with van der Waals surface area (Å²) in [5, 5.41) is 13.3. The molecule has 1 atom stereocenters. The predicted octanol–water partition coefficient (Wildman–Crippen LogP) is 3.81. The summed E-state index contributed by atoms with van der Waals surface area (Å²) in [6.07, 6.45) is 1.03. The Morgan fingerprint density at radius 2 is 2.00 bits per heavy atom. The van der Waals surface area contributed by atoms with Gasteiger partial charge in [-0.3, -0.25) is 4.99 Å². The van der Waals surface area contributed by atoms with Gasteiger partial charge < -0.3 is 26.2 Å². The van der Waals surface area contributed by atoms with Gasteiger partial charge in [0.15, 0.2) is 5.96 Å². The zero-order chi connectivity index (χ0) is 22.2. The molecule has 1 aliphatic heterocycles. The lowest BCUT2D eigenvalue weighted by atomic mass is 10.2. The second-order valence-electron chi connectivity index (χ2n) is 7.93. The van der Waals surface area contributed by atoms with Gasteiger partial charge in [0.25, 0.3) is 0 Å². The minimum absolute atomic E-state index is 0.0974. The van der Waals surface area contributed by atoms with Gasteiger partial charge >= 0.3 is 6.03 Å². The van der Waals surface area contributed by atoms with Crippen molar-refractivity contribution in [3.05, 3.63) is 59.1 Å². The number of urea groups is 1. The Kier molecular flexibility index (Phi) is 8.00. The van der Waals surface area contributed by atoms with Gasteiger partial charge in [-0.15, -0.1) is 0 Å². The maximum absolute atomic E-state index is 11.8. The standard InChI is InChI=1S/C23H31ClN6O/c1-16(2)27-23(31)29-19-9-7-17(8-10-19)14-26-22(25-3)28-20-11-12-30(15-20)21-6-4-5-18(24)13-21/h4-10,13,16,20H,11-12,14-15H2,1-3H3,(H2,25,26,28)(H2,27,29,31). The summed E-state index contributed by atoms with van der Waals surface area (Å²) >= 11 is 6.13. The number of nitrogens with one attached hydrogen (secondary N) is 4. The smallest absolute Gasteiger partial charge is 0.319 e. The number of anilines is 2. The molecule has 4 N–H and O–H groups in total. The van der Waals surface area contributed by atoms with Crippen LogP contribution in [0.25, 0.3) is 0 Å². The monoisotopic (exact) mass is 442 g/mol. The summed E-state index contributed by atoms with van der Waals surface area (Å²) in [5.41, 5.74) is 3.01. The predicted molar refractivity (Wildman–Crippen MR) is 129 cm³/mol. The third-order valence-electron chi connectivity index (χ3n) is 5.02. The molecule has 166 valence electrons. The summed E-state index contributed by atoms with van der Waals surface area (Å²) < 4.78 is 0. The van der Waals surface area contributed by atoms with Crippen LogP contribution in [0.2, 0.25) is 5.02 Å². The lowest BCUT2D eigenvalue weighted by Gasteiger charge is -2.20. The Labute approximate surface area is 189 Å². The largest absolute Gasteiger partial charge is 0.369 e. The number of aliphatic imine (C=N–C) groups is 1. The van der Waals surface area contributed by atoms with E-state index in [2.05, 4.69) is 37.2 Å². The fourth-order valence-electron chi connectivity index (χ4n) is 3.49. The molecule has 2 aromatic rings. The molecular formula is C23H31ClN6O. The van der Waals surface area contributed by atoms with Gasteiger partial charge in [0.2, 0.25) is 0 Å². The average Bonchev–Trinajstić information content (AvgIpc) is 3.20. The summed E-state index contributed by atoms with van der Waals surface area (Å²) in [4.78, 5) is 18.5. The minimum atomic E-state index is -0.200. The number of benzene rings is 2. The first-order chi connectivity index (χ1) is 14.9. The maximum Gasteiger partial charge on any atom is 0.319 e. The van der Waals surface area contributed by atoms with E-state index >= 15 is 0 Å². The molecular weight excluding hydrogens is 412 g/mol. The number of rotatable bonds is 6. The van der Waals surface area contributed by atoms with Crippen molar-refractivity contribution in [1.29, 1.82) is 0 Å². The first-order valence-electron chi connectivity index (χ1n) is 10.6. The summed E-state index contributed by atoms with van der Waals surface area (Å²) in [5.74, 6) is 0.774. The van der Waals surface area contributed by atoms with Crippen molar-refractivity contribution in [2.75, 3.05) is 30.4 Å². The Balaban J connectivity index is 1.46. The first kappa shape index (κ1) is 22.7. The lowest BCUT2D eigenvalue weighted by Crippen LogP contribution is -2.44. The van der Waals surface area contributed by atoms with Crippen LogP contribution in [-0.2, 0) is 6.54 Å². The maximum atomic E-state index is 11.8. The molecule has 0 aromatic heterocycles. The van der Waals surface area contributed by atoms with E-state index < -0.39 is 0 Å². The Morgan fingerprint density at radius 3 is 2.68 bits per heavy atom. The molecule has 0 radical (unpaired) electrons. The first-order valence-corrected chi connectivity index (χ1v) is 10.9. The topological polar surface area (TPSA) is 80.8 Å². The molecule has 2 amide bonds. The Morgan fingerprint density at radius 1 is 1.23 bits per heavy atom. The normalized spacial score (nSPS) is 16.4. The second-order valence-corrected chi connectivity index (χ2v) is 8.37. The number of halogens is 1. The van der Waals surface area contributed by atoms with Crippen LogP contribution in [-0.4, -0.2) is 44.2 Å². The molecule has 7 nitrogen and oxygen atoms in total. The highest BCUT2D eigenvalue weighted by atomic mass is 35.5. The van der Waals surface area contributed by atoms with Crippen molar-refractivity contribution in [1.82, 2.24) is 16.0 Å². The lowest BCUT2D eigenvalue weighted by molar-refractivity contribution is 0.250. The number of hydrogen-bond acceptors (Lipinski definition) is 3. The van der Waals surface area contributed by atoms with E-state index in [1.54, 1.807) is 7.05 Å². The van der Waals surface area contributed by atoms with Crippen LogP contribution in [0.15, 0.2) is 53.5 Å². The van der Waals surface area contributed by atoms with E-state index in [9.17, 15) is 4.79 Å². The third kappa shape index (κ3) is 7.07. The fraction of sp³-hybridized carbons (Fsp3) is 0.391. The molecule has 0 spiro atoms. The number of nitrogens with zero attached hydrogens (tertiary/aromatic N) is 2. The van der Waals surface area contributed by atoms with E-state index in [1.165, 1.54) is 0 Å². The summed E-state index contributed by atoms with van der Waals surface area (Å²) in [7, 11) is 1.78. The van der Waals surface area contributed by atoms with E-state index in [1.807, 2.05) is 56.3 Å². The molecule has 1 fully saturated rings. The van der Waals surface area contributed by atoms with E-state index in [-0.39, 0.29) is 12.1 Å². The Hall–Kier alpha value is -2.93. The van der Waals surface area contributed by atoms with Crippen LogP contribution in [0, 0.1) is 0 Å². The molecule has 1 unspecified atom stereocenters. The van der Waals surface area contributed by atoms with Gasteiger partial charge in [0, 0.05) is 55.2 Å². The molecule has 1 heterocycles.